The van der Waals surface area contributed by atoms with Crippen molar-refractivity contribution in [1.29, 1.82) is 0 Å². The van der Waals surface area contributed by atoms with Crippen LogP contribution in [0.2, 0.25) is 24.7 Å². The molecule has 100 valence electrons. The van der Waals surface area contributed by atoms with Crippen LogP contribution in [0.4, 0.5) is 4.39 Å². The van der Waals surface area contributed by atoms with E-state index in [4.69, 9.17) is 11.6 Å². The Morgan fingerprint density at radius 1 is 1.42 bits per heavy atom. The summed E-state index contributed by atoms with van der Waals surface area (Å²) >= 11 is 6.08. The molecule has 19 heavy (non-hydrogen) atoms. The van der Waals surface area contributed by atoms with Crippen LogP contribution in [0, 0.1) is 17.3 Å². The van der Waals surface area contributed by atoms with Crippen molar-refractivity contribution < 1.29 is 4.39 Å². The molecule has 0 unspecified atom stereocenters. The van der Waals surface area contributed by atoms with Crippen LogP contribution in [0.3, 0.4) is 0 Å². The second kappa shape index (κ2) is 4.99. The van der Waals surface area contributed by atoms with Crippen LogP contribution in [0.25, 0.3) is 11.0 Å². The lowest BCUT2D eigenvalue weighted by molar-refractivity contribution is 0.626. The molecule has 0 fully saturated rings. The van der Waals surface area contributed by atoms with Crippen LogP contribution < -0.4 is 0 Å². The van der Waals surface area contributed by atoms with Crippen LogP contribution >= 0.6 is 11.6 Å². The fourth-order valence-electron chi connectivity index (χ4n) is 1.75. The van der Waals surface area contributed by atoms with Gasteiger partial charge in [-0.3, -0.25) is 0 Å². The number of nitrogens with zero attached hydrogens (tertiary/aromatic N) is 2. The van der Waals surface area contributed by atoms with Gasteiger partial charge in [-0.25, -0.2) is 9.37 Å². The zero-order valence-corrected chi connectivity index (χ0v) is 13.3. The van der Waals surface area contributed by atoms with E-state index in [1.165, 1.54) is 0 Å². The molecule has 0 aliphatic carbocycles. The van der Waals surface area contributed by atoms with Gasteiger partial charge in [0.05, 0.1) is 16.9 Å². The topological polar surface area (TPSA) is 17.8 Å². The summed E-state index contributed by atoms with van der Waals surface area (Å²) in [6, 6.07) is 1.76. The van der Waals surface area contributed by atoms with Gasteiger partial charge in [-0.1, -0.05) is 37.2 Å². The first-order valence-corrected chi connectivity index (χ1v) is 10.1. The van der Waals surface area contributed by atoms with Crippen molar-refractivity contribution in [2.24, 2.45) is 0 Å². The maximum absolute atomic E-state index is 14.3. The molecule has 0 saturated carbocycles. The van der Waals surface area contributed by atoms with Crippen molar-refractivity contribution in [2.75, 3.05) is 0 Å². The largest absolute Gasteiger partial charge is 0.328 e. The summed E-state index contributed by atoms with van der Waals surface area (Å²) in [5.41, 5.74) is 4.77. The Morgan fingerprint density at radius 2 is 2.11 bits per heavy atom. The van der Waals surface area contributed by atoms with E-state index in [-0.39, 0.29) is 5.02 Å². The summed E-state index contributed by atoms with van der Waals surface area (Å²) in [6.45, 7) is 8.99. The molecule has 0 aliphatic heterocycles. The fourth-order valence-corrected chi connectivity index (χ4v) is 2.45. The summed E-state index contributed by atoms with van der Waals surface area (Å²) in [6.07, 6.45) is 1.62. The molecule has 0 bridgehead atoms. The van der Waals surface area contributed by atoms with Gasteiger partial charge in [0.25, 0.3) is 0 Å². The highest BCUT2D eigenvalue weighted by Crippen LogP contribution is 2.27. The molecule has 2 nitrogen and oxygen atoms in total. The average molecular weight is 295 g/mol. The van der Waals surface area contributed by atoms with Crippen molar-refractivity contribution in [3.05, 3.63) is 28.8 Å². The first kappa shape index (κ1) is 14.1. The van der Waals surface area contributed by atoms with Gasteiger partial charge in [0.2, 0.25) is 0 Å². The molecule has 0 spiro atoms. The smallest absolute Gasteiger partial charge is 0.168 e. The third kappa shape index (κ3) is 2.83. The fraction of sp³-hybridized carbons (Fsp3) is 0.357. The number of imidazole rings is 1. The van der Waals surface area contributed by atoms with Crippen LogP contribution in [0.5, 0.6) is 0 Å². The lowest BCUT2D eigenvalue weighted by Gasteiger charge is -2.06. The molecular formula is C14H16ClFN2Si. The highest BCUT2D eigenvalue weighted by molar-refractivity contribution is 6.83. The quantitative estimate of drug-likeness (QED) is 0.572. The Labute approximate surface area is 118 Å². The molecule has 0 amide bonds. The number of fused-ring (bicyclic) bond motifs is 1. The monoisotopic (exact) mass is 294 g/mol. The second-order valence-electron chi connectivity index (χ2n) is 5.45. The molecule has 0 saturated heterocycles. The van der Waals surface area contributed by atoms with E-state index in [0.717, 1.165) is 0 Å². The first-order chi connectivity index (χ1) is 8.83. The molecule has 0 N–H and O–H groups in total. The Balaban J connectivity index is 2.65. The van der Waals surface area contributed by atoms with E-state index >= 15 is 0 Å². The molecule has 1 heterocycles. The number of aryl methyl sites for hydroxylation is 1. The number of hydrogen-bond acceptors (Lipinski definition) is 1. The molecule has 2 rings (SSSR count). The molecule has 0 aliphatic rings. The standard InChI is InChI=1S/C14H16ClFN2Si/c1-5-18-9-17-11-8-10(6-7-19(2,3)4)12(15)13(16)14(11)18/h8-9H,5H2,1-4H3. The van der Waals surface area contributed by atoms with Crippen LogP contribution in [0.15, 0.2) is 12.4 Å². The molecular weight excluding hydrogens is 279 g/mol. The highest BCUT2D eigenvalue weighted by Gasteiger charge is 2.15. The van der Waals surface area contributed by atoms with Crippen LogP contribution in [-0.4, -0.2) is 17.6 Å². The molecule has 1 aromatic heterocycles. The summed E-state index contributed by atoms with van der Waals surface area (Å²) < 4.78 is 16.1. The van der Waals surface area contributed by atoms with Crippen molar-refractivity contribution in [1.82, 2.24) is 9.55 Å². The van der Waals surface area contributed by atoms with Gasteiger partial charge >= 0.3 is 0 Å². The van der Waals surface area contributed by atoms with Gasteiger partial charge in [0.1, 0.15) is 13.6 Å². The number of hydrogen-bond donors (Lipinski definition) is 0. The number of aromatic nitrogens is 2. The van der Waals surface area contributed by atoms with Crippen LogP contribution in [-0.2, 0) is 6.54 Å². The average Bonchev–Trinajstić information content (AvgIpc) is 2.73. The van der Waals surface area contributed by atoms with E-state index < -0.39 is 13.9 Å². The van der Waals surface area contributed by atoms with E-state index in [1.807, 2.05) is 6.92 Å². The minimum absolute atomic E-state index is 0.0912. The minimum Gasteiger partial charge on any atom is -0.328 e. The molecule has 0 atom stereocenters. The predicted octanol–water partition coefficient (Wildman–Crippen LogP) is 4.08. The Kier molecular flexibility index (Phi) is 3.70. The SMILES string of the molecule is CCn1cnc2cc(C#C[Si](C)(C)C)c(Cl)c(F)c21. The Morgan fingerprint density at radius 3 is 2.68 bits per heavy atom. The maximum atomic E-state index is 14.3. The number of halogens is 2. The van der Waals surface area contributed by atoms with E-state index in [1.54, 1.807) is 17.0 Å². The zero-order chi connectivity index (χ0) is 14.2. The minimum atomic E-state index is -1.52. The van der Waals surface area contributed by atoms with E-state index in [2.05, 4.69) is 36.1 Å². The third-order valence-corrected chi connectivity index (χ3v) is 3.94. The van der Waals surface area contributed by atoms with Gasteiger partial charge in [-0.15, -0.1) is 5.54 Å². The van der Waals surface area contributed by atoms with Crippen molar-refractivity contribution in [3.63, 3.8) is 0 Å². The Hall–Kier alpha value is -1.31. The molecule has 0 radical (unpaired) electrons. The van der Waals surface area contributed by atoms with Crippen molar-refractivity contribution >= 4 is 30.7 Å². The van der Waals surface area contributed by atoms with Crippen LogP contribution in [0.1, 0.15) is 12.5 Å². The van der Waals surface area contributed by atoms with Gasteiger partial charge < -0.3 is 4.57 Å². The summed E-state index contributed by atoms with van der Waals surface area (Å²) in [5, 5.41) is 0.0912. The van der Waals surface area contributed by atoms with Crippen molar-refractivity contribution in [2.45, 2.75) is 33.1 Å². The third-order valence-electron chi connectivity index (χ3n) is 2.70. The van der Waals surface area contributed by atoms with E-state index in [9.17, 15) is 4.39 Å². The molecule has 2 aromatic rings. The molecule has 1 aromatic carbocycles. The number of rotatable bonds is 1. The lowest BCUT2D eigenvalue weighted by Crippen LogP contribution is -2.16. The van der Waals surface area contributed by atoms with Gasteiger partial charge in [-0.05, 0) is 13.0 Å². The second-order valence-corrected chi connectivity index (χ2v) is 10.6. The Bertz CT molecular complexity index is 689. The lowest BCUT2D eigenvalue weighted by atomic mass is 10.2. The summed E-state index contributed by atoms with van der Waals surface area (Å²) in [4.78, 5) is 4.20. The van der Waals surface area contributed by atoms with Gasteiger partial charge in [-0.2, -0.15) is 0 Å². The van der Waals surface area contributed by atoms with E-state index in [0.29, 0.717) is 23.1 Å². The highest BCUT2D eigenvalue weighted by atomic mass is 35.5. The van der Waals surface area contributed by atoms with Gasteiger partial charge in [0.15, 0.2) is 5.82 Å². The normalized spacial score (nSPS) is 11.5. The molecule has 5 heteroatoms. The number of benzene rings is 1. The maximum Gasteiger partial charge on any atom is 0.168 e. The predicted molar refractivity (Wildman–Crippen MR) is 80.6 cm³/mol. The zero-order valence-electron chi connectivity index (χ0n) is 11.5. The van der Waals surface area contributed by atoms with Gasteiger partial charge in [0, 0.05) is 12.1 Å². The first-order valence-electron chi connectivity index (χ1n) is 6.19. The summed E-state index contributed by atoms with van der Waals surface area (Å²) in [5.74, 6) is 2.57. The summed E-state index contributed by atoms with van der Waals surface area (Å²) in [7, 11) is -1.52. The van der Waals surface area contributed by atoms with Crippen molar-refractivity contribution in [3.8, 4) is 11.5 Å².